The van der Waals surface area contributed by atoms with Crippen molar-refractivity contribution < 1.29 is 13.7 Å². The van der Waals surface area contributed by atoms with Gasteiger partial charge in [-0.25, -0.2) is 0 Å². The first-order valence-electron chi connectivity index (χ1n) is 7.79. The SMILES string of the molecule is [2H]C([2H])([2H])c1cc(Br)cc(C([2H])([2H])C([2H])([2H])C([2H])([2H])[2H])n1. The van der Waals surface area contributed by atoms with E-state index in [0.29, 0.717) is 0 Å². The van der Waals surface area contributed by atoms with Gasteiger partial charge in [0, 0.05) is 29.6 Å². The Morgan fingerprint density at radius 1 is 1.73 bits per heavy atom. The maximum Gasteiger partial charge on any atom is 0.0417 e. The molecule has 2 heteroatoms. The fraction of sp³-hybridized carbons (Fsp3) is 0.444. The van der Waals surface area contributed by atoms with Crippen LogP contribution in [0.1, 0.15) is 38.3 Å². The average Bonchev–Trinajstić information content (AvgIpc) is 2.25. The monoisotopic (exact) mass is 223 g/mol. The van der Waals surface area contributed by atoms with Gasteiger partial charge in [-0.3, -0.25) is 4.98 Å². The largest absolute Gasteiger partial charge is 0.258 e. The first kappa shape index (κ1) is 2.32. The molecule has 0 aliphatic carbocycles. The Hall–Kier alpha value is -0.370. The topological polar surface area (TPSA) is 12.9 Å². The molecule has 0 unspecified atom stereocenters. The number of pyridine rings is 1. The van der Waals surface area contributed by atoms with E-state index >= 15 is 0 Å². The zero-order valence-electron chi connectivity index (χ0n) is 15.5. The molecule has 0 N–H and O–H groups in total. The number of nitrogens with zero attached hydrogens (tertiary/aromatic N) is 1. The molecule has 1 aromatic heterocycles. The second-order valence-electron chi connectivity index (χ2n) is 1.81. The van der Waals surface area contributed by atoms with E-state index in [1.54, 1.807) is 0 Å². The molecule has 0 aromatic carbocycles. The van der Waals surface area contributed by atoms with Crippen LogP contribution in [0.15, 0.2) is 16.6 Å². The van der Waals surface area contributed by atoms with Crippen molar-refractivity contribution in [3.05, 3.63) is 28.0 Å². The number of rotatable bonds is 2. The molecule has 0 spiro atoms. The van der Waals surface area contributed by atoms with Crippen molar-refractivity contribution in [2.24, 2.45) is 0 Å². The first-order chi connectivity index (χ1) is 9.10. The molecule has 0 saturated carbocycles. The minimum Gasteiger partial charge on any atom is -0.258 e. The summed E-state index contributed by atoms with van der Waals surface area (Å²) in [4.78, 5) is 3.60. The normalized spacial score (nSPS) is 28.5. The van der Waals surface area contributed by atoms with Crippen LogP contribution in [-0.4, -0.2) is 4.98 Å². The lowest BCUT2D eigenvalue weighted by Crippen LogP contribution is -1.91. The van der Waals surface area contributed by atoms with Crippen molar-refractivity contribution in [3.8, 4) is 0 Å². The molecule has 11 heavy (non-hydrogen) atoms. The maximum absolute atomic E-state index is 7.79. The molecule has 60 valence electrons. The van der Waals surface area contributed by atoms with E-state index < -0.39 is 37.8 Å². The first-order valence-corrected chi connectivity index (χ1v) is 3.58. The van der Waals surface area contributed by atoms with Gasteiger partial charge in [0.05, 0.1) is 0 Å². The lowest BCUT2D eigenvalue weighted by molar-refractivity contribution is 0.872. The van der Waals surface area contributed by atoms with Gasteiger partial charge < -0.3 is 0 Å². The maximum atomic E-state index is 7.79. The number of aryl methyl sites for hydroxylation is 2. The third kappa shape index (κ3) is 2.62. The van der Waals surface area contributed by atoms with Crippen LogP contribution in [-0.2, 0) is 6.37 Å². The summed E-state index contributed by atoms with van der Waals surface area (Å²) < 4.78 is 74.1. The van der Waals surface area contributed by atoms with Crippen molar-refractivity contribution in [2.75, 3.05) is 0 Å². The van der Waals surface area contributed by atoms with E-state index in [9.17, 15) is 0 Å². The highest BCUT2D eigenvalue weighted by Crippen LogP contribution is 2.13. The van der Waals surface area contributed by atoms with E-state index in [2.05, 4.69) is 20.9 Å². The van der Waals surface area contributed by atoms with Crippen LogP contribution in [0.25, 0.3) is 0 Å². The van der Waals surface area contributed by atoms with E-state index in [0.717, 1.165) is 12.1 Å². The molecule has 0 saturated heterocycles. The third-order valence-electron chi connectivity index (χ3n) is 0.981. The van der Waals surface area contributed by atoms with Crippen LogP contribution in [0.3, 0.4) is 0 Å². The Labute approximate surface area is 90.0 Å². The zero-order chi connectivity index (χ0) is 16.9. The van der Waals surface area contributed by atoms with Gasteiger partial charge in [-0.1, -0.05) is 29.2 Å². The van der Waals surface area contributed by atoms with Crippen molar-refractivity contribution >= 4 is 15.9 Å². The molecule has 0 aliphatic heterocycles. The molecule has 0 aliphatic rings. The minimum atomic E-state index is -3.24. The highest BCUT2D eigenvalue weighted by atomic mass is 79.9. The molecule has 1 rings (SSSR count). The third-order valence-corrected chi connectivity index (χ3v) is 1.44. The summed E-state index contributed by atoms with van der Waals surface area (Å²) in [6.07, 6.45) is -6.23. The molecule has 0 atom stereocenters. The predicted octanol–water partition coefficient (Wildman–Crippen LogP) is 3.11. The number of hydrogen-bond donors (Lipinski definition) is 0. The van der Waals surface area contributed by atoms with Gasteiger partial charge in [-0.2, -0.15) is 0 Å². The smallest absolute Gasteiger partial charge is 0.0417 e. The Balaban J connectivity index is 3.49. The molecule has 1 nitrogen and oxygen atoms in total. The lowest BCUT2D eigenvalue weighted by Gasteiger charge is -2.00. The lowest BCUT2D eigenvalue weighted by atomic mass is 10.2. The summed E-state index contributed by atoms with van der Waals surface area (Å²) in [5.74, 6) is 0. The molecule has 1 aromatic rings. The standard InChI is InChI=1S/C9H12BrN/c1-3-4-9-6-8(10)5-7(2)11-9/h5-6H,3-4H2,1-2H3/i1D3,2D3,3D2,4D2. The summed E-state index contributed by atoms with van der Waals surface area (Å²) in [5.41, 5.74) is -1.04. The van der Waals surface area contributed by atoms with Crippen molar-refractivity contribution in [1.29, 1.82) is 0 Å². The van der Waals surface area contributed by atoms with E-state index in [-0.39, 0.29) is 4.47 Å². The van der Waals surface area contributed by atoms with Crippen LogP contribution in [0, 0.1) is 6.85 Å². The summed E-state index contributed by atoms with van der Waals surface area (Å²) in [5, 5.41) is 0. The Morgan fingerprint density at radius 3 is 3.36 bits per heavy atom. The van der Waals surface area contributed by atoms with Gasteiger partial charge in [0.15, 0.2) is 0 Å². The number of aromatic nitrogens is 1. The second-order valence-corrected chi connectivity index (χ2v) is 2.72. The van der Waals surface area contributed by atoms with Crippen LogP contribution in [0.2, 0.25) is 0 Å². The Morgan fingerprint density at radius 2 is 2.64 bits per heavy atom. The quantitative estimate of drug-likeness (QED) is 0.752. The molecule has 0 bridgehead atoms. The molecule has 0 amide bonds. The predicted molar refractivity (Wildman–Crippen MR) is 50.7 cm³/mol. The van der Waals surface area contributed by atoms with E-state index in [4.69, 9.17) is 13.7 Å². The second kappa shape index (κ2) is 3.86. The molecular weight excluding hydrogens is 202 g/mol. The zero-order valence-corrected chi connectivity index (χ0v) is 7.07. The number of halogens is 1. The van der Waals surface area contributed by atoms with Crippen LogP contribution < -0.4 is 0 Å². The van der Waals surface area contributed by atoms with E-state index in [1.165, 1.54) is 0 Å². The van der Waals surface area contributed by atoms with Gasteiger partial charge in [0.1, 0.15) is 0 Å². The fourth-order valence-corrected chi connectivity index (χ4v) is 1.06. The van der Waals surface area contributed by atoms with Crippen LogP contribution in [0.5, 0.6) is 0 Å². The highest BCUT2D eigenvalue weighted by molar-refractivity contribution is 9.10. The van der Waals surface area contributed by atoms with Crippen LogP contribution >= 0.6 is 15.9 Å². The molecule has 0 radical (unpaired) electrons. The van der Waals surface area contributed by atoms with Crippen molar-refractivity contribution in [2.45, 2.75) is 26.4 Å². The Bertz CT molecular complexity index is 532. The summed E-state index contributed by atoms with van der Waals surface area (Å²) >= 11 is 3.00. The fourth-order valence-electron chi connectivity index (χ4n) is 0.625. The summed E-state index contributed by atoms with van der Waals surface area (Å²) in [6, 6.07) is 2.22. The van der Waals surface area contributed by atoms with Gasteiger partial charge >= 0.3 is 0 Å². The van der Waals surface area contributed by atoms with Crippen molar-refractivity contribution in [1.82, 2.24) is 4.98 Å². The van der Waals surface area contributed by atoms with Gasteiger partial charge in [0.25, 0.3) is 0 Å². The van der Waals surface area contributed by atoms with Crippen LogP contribution in [0.4, 0.5) is 0 Å². The van der Waals surface area contributed by atoms with Gasteiger partial charge in [-0.05, 0) is 25.4 Å². The Kier molecular flexibility index (Phi) is 0.813. The minimum absolute atomic E-state index is 0.170. The molecule has 0 fully saturated rings. The number of hydrogen-bond acceptors (Lipinski definition) is 1. The van der Waals surface area contributed by atoms with Gasteiger partial charge in [0.2, 0.25) is 0 Å². The average molecular weight is 224 g/mol. The summed E-state index contributed by atoms with van der Waals surface area (Å²) in [6.45, 7) is -5.86. The molecule has 1 heterocycles. The van der Waals surface area contributed by atoms with E-state index in [1.807, 2.05) is 0 Å². The van der Waals surface area contributed by atoms with Crippen molar-refractivity contribution in [3.63, 3.8) is 0 Å². The summed E-state index contributed by atoms with van der Waals surface area (Å²) in [7, 11) is 0. The van der Waals surface area contributed by atoms with Gasteiger partial charge in [-0.15, -0.1) is 0 Å². The molecular formula is C9H12BrN. The highest BCUT2D eigenvalue weighted by Gasteiger charge is 1.95.